The molecule has 1 amide bonds. The van der Waals surface area contributed by atoms with Crippen molar-refractivity contribution in [3.05, 3.63) is 0 Å². The summed E-state index contributed by atoms with van der Waals surface area (Å²) in [7, 11) is 0. The molecule has 0 aromatic heterocycles. The summed E-state index contributed by atoms with van der Waals surface area (Å²) in [6.45, 7) is 8.10. The Balaban J connectivity index is 2.52. The summed E-state index contributed by atoms with van der Waals surface area (Å²) in [5.41, 5.74) is -1.03. The zero-order valence-electron chi connectivity index (χ0n) is 11.3. The molecule has 0 aromatic rings. The smallest absolute Gasteiger partial charge is 0.313 e. The molecular formula is C12H21NO4S. The molecule has 0 saturated carbocycles. The molecule has 0 spiro atoms. The lowest BCUT2D eigenvalue weighted by Gasteiger charge is -2.26. The zero-order chi connectivity index (χ0) is 14.0. The predicted molar refractivity (Wildman–Crippen MR) is 70.7 cm³/mol. The highest BCUT2D eigenvalue weighted by molar-refractivity contribution is 8.01. The van der Waals surface area contributed by atoms with E-state index in [0.717, 1.165) is 0 Å². The third-order valence-corrected chi connectivity index (χ3v) is 4.19. The van der Waals surface area contributed by atoms with Crippen LogP contribution in [0.25, 0.3) is 0 Å². The fraction of sp³-hybridized carbons (Fsp3) is 0.833. The van der Waals surface area contributed by atoms with E-state index in [9.17, 15) is 14.7 Å². The summed E-state index contributed by atoms with van der Waals surface area (Å²) in [6, 6.07) is -0.455. The van der Waals surface area contributed by atoms with Crippen molar-refractivity contribution in [1.29, 1.82) is 0 Å². The van der Waals surface area contributed by atoms with Crippen molar-refractivity contribution in [1.82, 2.24) is 5.32 Å². The second kappa shape index (κ2) is 5.48. The molecule has 1 heterocycles. The lowest BCUT2D eigenvalue weighted by Crippen LogP contribution is -2.50. The van der Waals surface area contributed by atoms with Crippen LogP contribution in [0.2, 0.25) is 0 Å². The summed E-state index contributed by atoms with van der Waals surface area (Å²) >= 11 is 1.53. The van der Waals surface area contributed by atoms with Gasteiger partial charge < -0.3 is 15.2 Å². The number of hydrogen-bond acceptors (Lipinski definition) is 4. The normalized spacial score (nSPS) is 28.1. The highest BCUT2D eigenvalue weighted by Crippen LogP contribution is 2.29. The van der Waals surface area contributed by atoms with Crippen LogP contribution in [0.4, 0.5) is 0 Å². The van der Waals surface area contributed by atoms with Gasteiger partial charge in [0.05, 0.1) is 25.0 Å². The molecule has 5 nitrogen and oxygen atoms in total. The number of carboxylic acid groups (broad SMARTS) is 1. The molecule has 1 saturated heterocycles. The van der Waals surface area contributed by atoms with E-state index < -0.39 is 17.4 Å². The van der Waals surface area contributed by atoms with Crippen molar-refractivity contribution in [2.75, 3.05) is 19.0 Å². The molecule has 1 fully saturated rings. The molecule has 18 heavy (non-hydrogen) atoms. The van der Waals surface area contributed by atoms with Gasteiger partial charge in [-0.1, -0.05) is 20.8 Å². The van der Waals surface area contributed by atoms with E-state index in [2.05, 4.69) is 5.32 Å². The molecular weight excluding hydrogens is 254 g/mol. The van der Waals surface area contributed by atoms with Gasteiger partial charge >= 0.3 is 5.97 Å². The Labute approximate surface area is 112 Å². The minimum Gasteiger partial charge on any atom is -0.481 e. The first-order valence-electron chi connectivity index (χ1n) is 5.89. The second-order valence-corrected chi connectivity index (χ2v) is 7.56. The molecule has 2 N–H and O–H groups in total. The zero-order valence-corrected chi connectivity index (χ0v) is 12.1. The Morgan fingerprint density at radius 2 is 2.11 bits per heavy atom. The Morgan fingerprint density at radius 1 is 1.50 bits per heavy atom. The molecule has 2 unspecified atom stereocenters. The first-order valence-corrected chi connectivity index (χ1v) is 6.88. The van der Waals surface area contributed by atoms with Crippen LogP contribution in [-0.2, 0) is 14.3 Å². The average molecular weight is 275 g/mol. The van der Waals surface area contributed by atoms with Gasteiger partial charge in [-0.05, 0) is 6.92 Å². The third kappa shape index (κ3) is 3.88. The monoisotopic (exact) mass is 275 g/mol. The SMILES string of the molecule is CC(C)(C)SCC(=O)NC1COCC1(C)C(=O)O. The number of thioether (sulfide) groups is 1. The van der Waals surface area contributed by atoms with Crippen molar-refractivity contribution >= 4 is 23.6 Å². The van der Waals surface area contributed by atoms with Crippen molar-refractivity contribution < 1.29 is 19.4 Å². The standard InChI is InChI=1S/C12H21NO4S/c1-11(2,3)18-6-9(14)13-8-5-17-7-12(8,4)10(15)16/h8H,5-7H2,1-4H3,(H,13,14)(H,15,16). The molecule has 1 aliphatic heterocycles. The number of ether oxygens (including phenoxy) is 1. The molecule has 1 rings (SSSR count). The van der Waals surface area contributed by atoms with Crippen LogP contribution < -0.4 is 5.32 Å². The number of amides is 1. The topological polar surface area (TPSA) is 75.6 Å². The van der Waals surface area contributed by atoms with E-state index >= 15 is 0 Å². The van der Waals surface area contributed by atoms with Crippen LogP contribution in [0.5, 0.6) is 0 Å². The lowest BCUT2D eigenvalue weighted by molar-refractivity contribution is -0.148. The maximum Gasteiger partial charge on any atom is 0.313 e. The van der Waals surface area contributed by atoms with Gasteiger partial charge in [-0.3, -0.25) is 9.59 Å². The van der Waals surface area contributed by atoms with Crippen LogP contribution in [0, 0.1) is 5.41 Å². The van der Waals surface area contributed by atoms with Gasteiger partial charge in [0.25, 0.3) is 0 Å². The minimum atomic E-state index is -1.03. The van der Waals surface area contributed by atoms with E-state index in [0.29, 0.717) is 5.75 Å². The summed E-state index contributed by atoms with van der Waals surface area (Å²) in [5, 5.41) is 11.9. The van der Waals surface area contributed by atoms with Gasteiger partial charge in [-0.2, -0.15) is 0 Å². The highest BCUT2D eigenvalue weighted by Gasteiger charge is 2.47. The summed E-state index contributed by atoms with van der Waals surface area (Å²) in [5.74, 6) is -0.748. The van der Waals surface area contributed by atoms with Crippen LogP contribution in [0.15, 0.2) is 0 Å². The maximum atomic E-state index is 11.8. The van der Waals surface area contributed by atoms with Crippen molar-refractivity contribution in [2.45, 2.75) is 38.5 Å². The van der Waals surface area contributed by atoms with Gasteiger partial charge in [-0.15, -0.1) is 11.8 Å². The predicted octanol–water partition coefficient (Wildman–Crippen LogP) is 1.12. The van der Waals surface area contributed by atoms with Crippen LogP contribution in [0.1, 0.15) is 27.7 Å². The number of rotatable bonds is 4. The fourth-order valence-electron chi connectivity index (χ4n) is 1.60. The van der Waals surface area contributed by atoms with Crippen LogP contribution in [0.3, 0.4) is 0 Å². The molecule has 0 bridgehead atoms. The third-order valence-electron chi connectivity index (χ3n) is 2.92. The van der Waals surface area contributed by atoms with E-state index in [1.54, 1.807) is 6.92 Å². The van der Waals surface area contributed by atoms with Gasteiger partial charge in [0.2, 0.25) is 5.91 Å². The van der Waals surface area contributed by atoms with Crippen LogP contribution >= 0.6 is 11.8 Å². The number of aliphatic carboxylic acids is 1. The quantitative estimate of drug-likeness (QED) is 0.804. The second-order valence-electron chi connectivity index (χ2n) is 5.76. The highest BCUT2D eigenvalue weighted by atomic mass is 32.2. The summed E-state index contributed by atoms with van der Waals surface area (Å²) < 4.78 is 5.19. The van der Waals surface area contributed by atoms with E-state index in [1.807, 2.05) is 20.8 Å². The Morgan fingerprint density at radius 3 is 2.61 bits per heavy atom. The Bertz CT molecular complexity index is 339. The van der Waals surface area contributed by atoms with Crippen molar-refractivity contribution in [2.24, 2.45) is 5.41 Å². The maximum absolute atomic E-state index is 11.8. The number of nitrogens with one attached hydrogen (secondary N) is 1. The van der Waals surface area contributed by atoms with Gasteiger partial charge in [-0.25, -0.2) is 0 Å². The minimum absolute atomic E-state index is 0.0135. The van der Waals surface area contributed by atoms with Crippen molar-refractivity contribution in [3.63, 3.8) is 0 Å². The Kier molecular flexibility index (Phi) is 4.66. The fourth-order valence-corrected chi connectivity index (χ4v) is 2.25. The van der Waals surface area contributed by atoms with Gasteiger partial charge in [0, 0.05) is 4.75 Å². The summed E-state index contributed by atoms with van der Waals surface area (Å²) in [6.07, 6.45) is 0. The molecule has 2 atom stereocenters. The van der Waals surface area contributed by atoms with E-state index in [4.69, 9.17) is 4.74 Å². The molecule has 1 aliphatic rings. The molecule has 0 aliphatic carbocycles. The Hall–Kier alpha value is -0.750. The summed E-state index contributed by atoms with van der Waals surface area (Å²) in [4.78, 5) is 23.0. The lowest BCUT2D eigenvalue weighted by atomic mass is 9.85. The number of carboxylic acids is 1. The molecule has 0 aromatic carbocycles. The van der Waals surface area contributed by atoms with E-state index in [-0.39, 0.29) is 23.9 Å². The molecule has 0 radical (unpaired) electrons. The van der Waals surface area contributed by atoms with E-state index in [1.165, 1.54) is 11.8 Å². The van der Waals surface area contributed by atoms with Crippen molar-refractivity contribution in [3.8, 4) is 0 Å². The first kappa shape index (κ1) is 15.3. The van der Waals surface area contributed by atoms with Gasteiger partial charge in [0.15, 0.2) is 0 Å². The largest absolute Gasteiger partial charge is 0.481 e. The average Bonchev–Trinajstić information content (AvgIpc) is 2.58. The first-order chi connectivity index (χ1) is 8.15. The number of hydrogen-bond donors (Lipinski definition) is 2. The number of carbonyl (C=O) groups excluding carboxylic acids is 1. The number of carbonyl (C=O) groups is 2. The molecule has 104 valence electrons. The molecule has 6 heteroatoms. The van der Waals surface area contributed by atoms with Crippen LogP contribution in [-0.4, -0.2) is 46.7 Å². The van der Waals surface area contributed by atoms with Gasteiger partial charge in [0.1, 0.15) is 5.41 Å².